The molecule has 19 heavy (non-hydrogen) atoms. The summed E-state index contributed by atoms with van der Waals surface area (Å²) in [5, 5.41) is 10.4. The number of hydrogen-bond donors (Lipinski definition) is 2. The molecule has 1 unspecified atom stereocenters. The molecule has 0 aliphatic rings. The van der Waals surface area contributed by atoms with Crippen LogP contribution in [0.2, 0.25) is 0 Å². The van der Waals surface area contributed by atoms with Gasteiger partial charge in [0.25, 0.3) is 0 Å². The third-order valence-corrected chi connectivity index (χ3v) is 5.05. The first kappa shape index (κ1) is 16.1. The second-order valence-corrected chi connectivity index (χ2v) is 7.14. The first-order chi connectivity index (χ1) is 8.94. The van der Waals surface area contributed by atoms with Gasteiger partial charge < -0.3 is 5.11 Å². The summed E-state index contributed by atoms with van der Waals surface area (Å²) in [6, 6.07) is 3.59. The zero-order valence-electron chi connectivity index (χ0n) is 10.8. The van der Waals surface area contributed by atoms with Gasteiger partial charge in [0.2, 0.25) is 10.0 Å². The van der Waals surface area contributed by atoms with Gasteiger partial charge in [-0.2, -0.15) is 0 Å². The van der Waals surface area contributed by atoms with E-state index in [2.05, 4.69) is 4.72 Å². The molecule has 0 aliphatic heterocycles. The molecule has 1 aromatic rings. The van der Waals surface area contributed by atoms with E-state index in [1.165, 1.54) is 11.3 Å². The third kappa shape index (κ3) is 6.17. The summed E-state index contributed by atoms with van der Waals surface area (Å²) in [7, 11) is -3.43. The number of carboxylic acids is 1. The van der Waals surface area contributed by atoms with E-state index in [0.29, 0.717) is 0 Å². The zero-order valence-corrected chi connectivity index (χ0v) is 12.5. The van der Waals surface area contributed by atoms with Gasteiger partial charge in [-0.3, -0.25) is 4.79 Å². The number of carboxylic acid groups (broad SMARTS) is 1. The van der Waals surface area contributed by atoms with Crippen LogP contribution in [0, 0.1) is 0 Å². The van der Waals surface area contributed by atoms with Gasteiger partial charge in [-0.1, -0.05) is 19.4 Å². The molecule has 0 amide bonds. The van der Waals surface area contributed by atoms with Crippen LogP contribution in [0.3, 0.4) is 0 Å². The van der Waals surface area contributed by atoms with Crippen LogP contribution < -0.4 is 4.72 Å². The van der Waals surface area contributed by atoms with Crippen LogP contribution in [-0.2, 0) is 14.8 Å². The number of nitrogens with one attached hydrogen (secondary N) is 1. The van der Waals surface area contributed by atoms with Crippen molar-refractivity contribution < 1.29 is 18.3 Å². The smallest absolute Gasteiger partial charge is 0.303 e. The zero-order chi connectivity index (χ0) is 14.3. The summed E-state index contributed by atoms with van der Waals surface area (Å²) in [5.41, 5.74) is 0. The maximum Gasteiger partial charge on any atom is 0.303 e. The first-order valence-corrected chi connectivity index (χ1v) is 8.73. The second kappa shape index (κ2) is 7.62. The van der Waals surface area contributed by atoms with Gasteiger partial charge in [-0.15, -0.1) is 11.3 Å². The van der Waals surface area contributed by atoms with E-state index < -0.39 is 16.0 Å². The largest absolute Gasteiger partial charge is 0.481 e. The number of aliphatic carboxylic acids is 1. The molecule has 5 nitrogen and oxygen atoms in total. The van der Waals surface area contributed by atoms with Gasteiger partial charge in [0.05, 0.1) is 11.8 Å². The highest BCUT2D eigenvalue weighted by atomic mass is 32.2. The van der Waals surface area contributed by atoms with E-state index in [0.717, 1.165) is 17.7 Å². The Hall–Kier alpha value is -0.920. The molecule has 0 spiro atoms. The summed E-state index contributed by atoms with van der Waals surface area (Å²) in [4.78, 5) is 11.4. The van der Waals surface area contributed by atoms with Gasteiger partial charge in [-0.25, -0.2) is 13.1 Å². The quantitative estimate of drug-likeness (QED) is 0.733. The Morgan fingerprint density at radius 2 is 2.26 bits per heavy atom. The number of thiophene rings is 1. The lowest BCUT2D eigenvalue weighted by Gasteiger charge is -2.16. The number of sulfonamides is 1. The number of rotatable bonds is 9. The number of carbonyl (C=O) groups is 1. The molecule has 0 bridgehead atoms. The van der Waals surface area contributed by atoms with E-state index in [1.54, 1.807) is 0 Å². The van der Waals surface area contributed by atoms with E-state index in [4.69, 9.17) is 5.11 Å². The molecule has 0 aliphatic carbocycles. The predicted molar refractivity (Wildman–Crippen MR) is 75.8 cm³/mol. The van der Waals surface area contributed by atoms with Gasteiger partial charge in [0.1, 0.15) is 0 Å². The molecule has 1 atom stereocenters. The molecule has 1 aromatic heterocycles. The minimum absolute atomic E-state index is 0.127. The molecule has 108 valence electrons. The summed E-state index contributed by atoms with van der Waals surface area (Å²) >= 11 is 1.52. The Balaban J connectivity index is 2.60. The van der Waals surface area contributed by atoms with Crippen molar-refractivity contribution in [1.82, 2.24) is 4.72 Å². The summed E-state index contributed by atoms with van der Waals surface area (Å²) in [5.74, 6) is -1.12. The van der Waals surface area contributed by atoms with Crippen molar-refractivity contribution in [2.75, 3.05) is 5.75 Å². The maximum atomic E-state index is 11.9. The molecule has 0 saturated heterocycles. The minimum atomic E-state index is -3.43. The lowest BCUT2D eigenvalue weighted by atomic mass is 10.1. The van der Waals surface area contributed by atoms with Crippen molar-refractivity contribution in [2.45, 2.75) is 38.6 Å². The summed E-state index contributed by atoms with van der Waals surface area (Å²) < 4.78 is 26.4. The van der Waals surface area contributed by atoms with Crippen molar-refractivity contribution in [1.29, 1.82) is 0 Å². The fraction of sp³-hybridized carbons (Fsp3) is 0.583. The normalized spacial score (nSPS) is 13.3. The standard InChI is InChI=1S/C12H19NO4S2/c1-2-5-10(11-6-3-8-18-11)13-19(16,17)9-4-7-12(14)15/h3,6,8,10,13H,2,4-5,7,9H2,1H3,(H,14,15). The second-order valence-electron chi connectivity index (χ2n) is 4.29. The number of hydrogen-bond acceptors (Lipinski definition) is 4. The Kier molecular flexibility index (Phi) is 6.47. The van der Waals surface area contributed by atoms with Crippen molar-refractivity contribution in [3.63, 3.8) is 0 Å². The SMILES string of the molecule is CCCC(NS(=O)(=O)CCCC(=O)O)c1cccs1. The Bertz CT molecular complexity index is 482. The van der Waals surface area contributed by atoms with Crippen LogP contribution in [0.5, 0.6) is 0 Å². The molecule has 7 heteroatoms. The average molecular weight is 305 g/mol. The fourth-order valence-corrected chi connectivity index (χ4v) is 3.93. The first-order valence-electron chi connectivity index (χ1n) is 6.20. The van der Waals surface area contributed by atoms with E-state index >= 15 is 0 Å². The molecule has 1 heterocycles. The molecule has 0 saturated carbocycles. The van der Waals surface area contributed by atoms with Crippen LogP contribution >= 0.6 is 11.3 Å². The van der Waals surface area contributed by atoms with E-state index in [1.807, 2.05) is 24.4 Å². The van der Waals surface area contributed by atoms with Gasteiger partial charge in [0.15, 0.2) is 0 Å². The monoisotopic (exact) mass is 305 g/mol. The highest BCUT2D eigenvalue weighted by Gasteiger charge is 2.19. The minimum Gasteiger partial charge on any atom is -0.481 e. The topological polar surface area (TPSA) is 83.5 Å². The summed E-state index contributed by atoms with van der Waals surface area (Å²) in [6.07, 6.45) is 1.62. The van der Waals surface area contributed by atoms with Crippen LogP contribution in [0.4, 0.5) is 0 Å². The molecular weight excluding hydrogens is 286 g/mol. The average Bonchev–Trinajstić information content (AvgIpc) is 2.80. The lowest BCUT2D eigenvalue weighted by molar-refractivity contribution is -0.137. The Morgan fingerprint density at radius 1 is 1.53 bits per heavy atom. The van der Waals surface area contributed by atoms with Gasteiger partial charge in [-0.05, 0) is 24.3 Å². The molecule has 0 aromatic carbocycles. The van der Waals surface area contributed by atoms with E-state index in [-0.39, 0.29) is 24.6 Å². The highest BCUT2D eigenvalue weighted by Crippen LogP contribution is 2.24. The van der Waals surface area contributed by atoms with Crippen molar-refractivity contribution in [3.8, 4) is 0 Å². The van der Waals surface area contributed by atoms with Gasteiger partial charge >= 0.3 is 5.97 Å². The van der Waals surface area contributed by atoms with Crippen LogP contribution in [0.15, 0.2) is 17.5 Å². The molecule has 1 rings (SSSR count). The summed E-state index contributed by atoms with van der Waals surface area (Å²) in [6.45, 7) is 2.00. The van der Waals surface area contributed by atoms with Crippen LogP contribution in [-0.4, -0.2) is 25.2 Å². The van der Waals surface area contributed by atoms with Gasteiger partial charge in [0, 0.05) is 11.3 Å². The van der Waals surface area contributed by atoms with E-state index in [9.17, 15) is 13.2 Å². The van der Waals surface area contributed by atoms with Crippen LogP contribution in [0.1, 0.15) is 43.5 Å². The van der Waals surface area contributed by atoms with Crippen LogP contribution in [0.25, 0.3) is 0 Å². The molecular formula is C12H19NO4S2. The maximum absolute atomic E-state index is 11.9. The Morgan fingerprint density at radius 3 is 2.79 bits per heavy atom. The van der Waals surface area contributed by atoms with Crippen molar-refractivity contribution >= 4 is 27.3 Å². The lowest BCUT2D eigenvalue weighted by Crippen LogP contribution is -2.30. The van der Waals surface area contributed by atoms with Crippen molar-refractivity contribution in [2.24, 2.45) is 0 Å². The fourth-order valence-electron chi connectivity index (χ4n) is 1.73. The Labute approximate surface area is 117 Å². The predicted octanol–water partition coefficient (Wildman–Crippen LogP) is 2.37. The molecule has 2 N–H and O–H groups in total. The highest BCUT2D eigenvalue weighted by molar-refractivity contribution is 7.89. The third-order valence-electron chi connectivity index (χ3n) is 2.59. The molecule has 0 radical (unpaired) electrons. The van der Waals surface area contributed by atoms with Crippen molar-refractivity contribution in [3.05, 3.63) is 22.4 Å². The molecule has 0 fully saturated rings.